The van der Waals surface area contributed by atoms with Crippen molar-refractivity contribution in [3.63, 3.8) is 0 Å². The summed E-state index contributed by atoms with van der Waals surface area (Å²) in [7, 11) is -2.36. The predicted octanol–water partition coefficient (Wildman–Crippen LogP) is -0.368. The third-order valence-corrected chi connectivity index (χ3v) is 4.63. The molecule has 9 heteroatoms. The number of sulfonamides is 1. The van der Waals surface area contributed by atoms with Gasteiger partial charge in [-0.05, 0) is 13.3 Å². The van der Waals surface area contributed by atoms with Gasteiger partial charge >= 0.3 is 0 Å². The van der Waals surface area contributed by atoms with Crippen LogP contribution in [0.25, 0.3) is 0 Å². The first kappa shape index (κ1) is 16.4. The molecule has 8 nitrogen and oxygen atoms in total. The quantitative estimate of drug-likeness (QED) is 0.714. The number of rotatable bonds is 7. The number of aromatic nitrogens is 2. The summed E-state index contributed by atoms with van der Waals surface area (Å²) in [5.41, 5.74) is 5.66. The van der Waals surface area contributed by atoms with E-state index in [1.807, 2.05) is 13.8 Å². The van der Waals surface area contributed by atoms with E-state index in [0.29, 0.717) is 13.0 Å². The van der Waals surface area contributed by atoms with Gasteiger partial charge in [-0.15, -0.1) is 0 Å². The van der Waals surface area contributed by atoms with Crippen molar-refractivity contribution >= 4 is 21.7 Å². The Balaban J connectivity index is 3.14. The Morgan fingerprint density at radius 2 is 2.15 bits per heavy atom. The standard InChI is InChI=1S/C11H21N5O3S/c1-4-6-16(8-10(17)13-3)20(18,19)9-7-15(5-2)14-11(9)12/h7H,4-6,8H2,1-3H3,(H2,12,14)(H,13,17). The monoisotopic (exact) mass is 303 g/mol. The number of nitrogens with zero attached hydrogens (tertiary/aromatic N) is 3. The summed E-state index contributed by atoms with van der Waals surface area (Å²) in [5, 5.41) is 6.34. The van der Waals surface area contributed by atoms with Crippen LogP contribution in [0.3, 0.4) is 0 Å². The molecule has 0 bridgehead atoms. The number of nitrogens with one attached hydrogen (secondary N) is 1. The third kappa shape index (κ3) is 3.48. The first-order chi connectivity index (χ1) is 9.36. The fourth-order valence-corrected chi connectivity index (χ4v) is 3.24. The second-order valence-corrected chi connectivity index (χ2v) is 6.15. The number of anilines is 1. The molecule has 3 N–H and O–H groups in total. The minimum Gasteiger partial charge on any atom is -0.381 e. The number of likely N-dealkylation sites (N-methyl/N-ethyl adjacent to an activating group) is 1. The maximum absolute atomic E-state index is 12.5. The Labute approximate surface area is 119 Å². The highest BCUT2D eigenvalue weighted by Crippen LogP contribution is 2.21. The van der Waals surface area contributed by atoms with Crippen LogP contribution < -0.4 is 11.1 Å². The largest absolute Gasteiger partial charge is 0.381 e. The number of hydrogen-bond donors (Lipinski definition) is 2. The van der Waals surface area contributed by atoms with E-state index in [0.717, 1.165) is 4.31 Å². The molecule has 0 aliphatic carbocycles. The van der Waals surface area contributed by atoms with Crippen molar-refractivity contribution in [2.75, 3.05) is 25.9 Å². The van der Waals surface area contributed by atoms with Crippen LogP contribution in [0.15, 0.2) is 11.1 Å². The van der Waals surface area contributed by atoms with E-state index in [9.17, 15) is 13.2 Å². The van der Waals surface area contributed by atoms with Gasteiger partial charge in [0.2, 0.25) is 15.9 Å². The Hall–Kier alpha value is -1.61. The zero-order chi connectivity index (χ0) is 15.3. The third-order valence-electron chi connectivity index (χ3n) is 2.77. The van der Waals surface area contributed by atoms with Crippen molar-refractivity contribution in [2.45, 2.75) is 31.7 Å². The molecule has 1 heterocycles. The fourth-order valence-electron chi connectivity index (χ4n) is 1.69. The Kier molecular flexibility index (Phi) is 5.52. The Morgan fingerprint density at radius 1 is 1.50 bits per heavy atom. The molecule has 0 aliphatic heterocycles. The first-order valence-corrected chi connectivity index (χ1v) is 7.84. The van der Waals surface area contributed by atoms with Crippen LogP contribution in [-0.2, 0) is 21.4 Å². The van der Waals surface area contributed by atoms with Crippen LogP contribution in [0.1, 0.15) is 20.3 Å². The number of carbonyl (C=O) groups excluding carboxylic acids is 1. The van der Waals surface area contributed by atoms with Crippen LogP contribution in [0.4, 0.5) is 5.82 Å². The molecule has 114 valence electrons. The van der Waals surface area contributed by atoms with Crippen molar-refractivity contribution in [3.05, 3.63) is 6.20 Å². The summed E-state index contributed by atoms with van der Waals surface area (Å²) >= 11 is 0. The molecule has 0 aliphatic rings. The summed E-state index contributed by atoms with van der Waals surface area (Å²) < 4.78 is 27.6. The number of carbonyl (C=O) groups is 1. The van der Waals surface area contributed by atoms with Crippen molar-refractivity contribution in [1.29, 1.82) is 0 Å². The highest BCUT2D eigenvalue weighted by molar-refractivity contribution is 7.89. The van der Waals surface area contributed by atoms with Gasteiger partial charge in [0.25, 0.3) is 0 Å². The van der Waals surface area contributed by atoms with Crippen LogP contribution in [-0.4, -0.2) is 48.5 Å². The van der Waals surface area contributed by atoms with Gasteiger partial charge in [0.05, 0.1) is 6.54 Å². The second-order valence-electron chi connectivity index (χ2n) is 4.25. The normalized spacial score (nSPS) is 11.8. The van der Waals surface area contributed by atoms with Crippen molar-refractivity contribution in [2.24, 2.45) is 0 Å². The predicted molar refractivity (Wildman–Crippen MR) is 75.4 cm³/mol. The molecular formula is C11H21N5O3S. The minimum absolute atomic E-state index is 0.0511. The lowest BCUT2D eigenvalue weighted by Gasteiger charge is -2.20. The molecule has 0 radical (unpaired) electrons. The van der Waals surface area contributed by atoms with Crippen molar-refractivity contribution in [1.82, 2.24) is 19.4 Å². The molecular weight excluding hydrogens is 282 g/mol. The van der Waals surface area contributed by atoms with Gasteiger partial charge in [-0.1, -0.05) is 6.92 Å². The van der Waals surface area contributed by atoms with E-state index in [-0.39, 0.29) is 29.7 Å². The lowest BCUT2D eigenvalue weighted by Crippen LogP contribution is -2.40. The maximum Gasteiger partial charge on any atom is 0.248 e. The number of nitrogen functional groups attached to an aromatic ring is 1. The zero-order valence-electron chi connectivity index (χ0n) is 12.0. The van der Waals surface area contributed by atoms with Gasteiger partial charge in [-0.3, -0.25) is 9.48 Å². The molecule has 0 spiro atoms. The molecule has 0 atom stereocenters. The summed E-state index contributed by atoms with van der Waals surface area (Å²) in [6, 6.07) is 0. The van der Waals surface area contributed by atoms with Crippen LogP contribution >= 0.6 is 0 Å². The minimum atomic E-state index is -3.82. The summed E-state index contributed by atoms with van der Waals surface area (Å²) in [5.74, 6) is -0.423. The van der Waals surface area contributed by atoms with Gasteiger partial charge in [0.1, 0.15) is 4.90 Å². The molecule has 0 saturated heterocycles. The molecule has 1 amide bonds. The first-order valence-electron chi connectivity index (χ1n) is 6.40. The average molecular weight is 303 g/mol. The molecule has 0 fully saturated rings. The van der Waals surface area contributed by atoms with Crippen LogP contribution in [0, 0.1) is 0 Å². The average Bonchev–Trinajstić information content (AvgIpc) is 2.80. The van der Waals surface area contributed by atoms with E-state index < -0.39 is 10.0 Å². The highest BCUT2D eigenvalue weighted by atomic mass is 32.2. The Bertz CT molecular complexity index is 567. The number of hydrogen-bond acceptors (Lipinski definition) is 5. The van der Waals surface area contributed by atoms with E-state index in [1.54, 1.807) is 0 Å². The molecule has 0 unspecified atom stereocenters. The van der Waals surface area contributed by atoms with E-state index >= 15 is 0 Å². The number of nitrogens with two attached hydrogens (primary N) is 1. The van der Waals surface area contributed by atoms with Crippen LogP contribution in [0.5, 0.6) is 0 Å². The fraction of sp³-hybridized carbons (Fsp3) is 0.636. The van der Waals surface area contributed by atoms with Gasteiger partial charge < -0.3 is 11.1 Å². The van der Waals surface area contributed by atoms with E-state index in [4.69, 9.17) is 5.73 Å². The molecule has 0 aromatic carbocycles. The van der Waals surface area contributed by atoms with Gasteiger partial charge in [-0.2, -0.15) is 9.40 Å². The molecule has 20 heavy (non-hydrogen) atoms. The summed E-state index contributed by atoms with van der Waals surface area (Å²) in [6.45, 7) is 4.20. The zero-order valence-corrected chi connectivity index (χ0v) is 12.8. The van der Waals surface area contributed by atoms with E-state index in [2.05, 4.69) is 10.4 Å². The lowest BCUT2D eigenvalue weighted by molar-refractivity contribution is -0.120. The smallest absolute Gasteiger partial charge is 0.248 e. The van der Waals surface area contributed by atoms with E-state index in [1.165, 1.54) is 17.9 Å². The summed E-state index contributed by atoms with van der Waals surface area (Å²) in [6.07, 6.45) is 1.98. The topological polar surface area (TPSA) is 110 Å². The Morgan fingerprint density at radius 3 is 2.60 bits per heavy atom. The lowest BCUT2D eigenvalue weighted by atomic mass is 10.4. The molecule has 1 rings (SSSR count). The van der Waals surface area contributed by atoms with Crippen molar-refractivity contribution < 1.29 is 13.2 Å². The highest BCUT2D eigenvalue weighted by Gasteiger charge is 2.29. The number of amides is 1. The molecule has 1 aromatic rings. The number of aryl methyl sites for hydroxylation is 1. The van der Waals surface area contributed by atoms with Crippen LogP contribution in [0.2, 0.25) is 0 Å². The maximum atomic E-state index is 12.5. The van der Waals surface area contributed by atoms with Gasteiger partial charge in [0.15, 0.2) is 5.82 Å². The summed E-state index contributed by atoms with van der Waals surface area (Å²) in [4.78, 5) is 11.4. The van der Waals surface area contributed by atoms with Gasteiger partial charge in [-0.25, -0.2) is 8.42 Å². The SMILES string of the molecule is CCCN(CC(=O)NC)S(=O)(=O)c1cn(CC)nc1N. The molecule has 0 saturated carbocycles. The second kappa shape index (κ2) is 6.71. The van der Waals surface area contributed by atoms with Gasteiger partial charge in [0, 0.05) is 26.3 Å². The molecule has 1 aromatic heterocycles. The van der Waals surface area contributed by atoms with Crippen molar-refractivity contribution in [3.8, 4) is 0 Å².